The smallest absolute Gasteiger partial charge is 0.341 e. The van der Waals surface area contributed by atoms with Crippen molar-refractivity contribution in [2.75, 3.05) is 5.32 Å². The van der Waals surface area contributed by atoms with Crippen LogP contribution in [0.25, 0.3) is 10.9 Å². The number of carbonyl (C=O) groups excluding carboxylic acids is 1. The van der Waals surface area contributed by atoms with Gasteiger partial charge in [0, 0.05) is 23.7 Å². The molecule has 30 heavy (non-hydrogen) atoms. The number of amides is 1. The topological polar surface area (TPSA) is 34.0 Å². The van der Waals surface area contributed by atoms with Crippen LogP contribution >= 0.6 is 0 Å². The third kappa shape index (κ3) is 4.05. The summed E-state index contributed by atoms with van der Waals surface area (Å²) in [5.41, 5.74) is 1.52. The van der Waals surface area contributed by atoms with Crippen LogP contribution in [0.5, 0.6) is 0 Å². The summed E-state index contributed by atoms with van der Waals surface area (Å²) in [6, 6.07) is 17.7. The molecular weight excluding hydrogens is 396 g/mol. The zero-order valence-corrected chi connectivity index (χ0v) is 15.6. The number of benzene rings is 3. The van der Waals surface area contributed by atoms with Crippen LogP contribution in [0.15, 0.2) is 79.0 Å². The fourth-order valence-electron chi connectivity index (χ4n) is 3.30. The molecule has 1 heterocycles. The predicted octanol–water partition coefficient (Wildman–Crippen LogP) is 6.10. The lowest BCUT2D eigenvalue weighted by Crippen LogP contribution is -2.11. The number of fused-ring (bicyclic) bond motifs is 1. The SMILES string of the molecule is O=C(Nc1cn(Cc2ccc(C(F)(F)F)cc2)c2ccccc12)c1cccc(F)c1. The Kier molecular flexibility index (Phi) is 5.03. The number of anilines is 1. The van der Waals surface area contributed by atoms with Crippen molar-refractivity contribution in [2.45, 2.75) is 12.7 Å². The second-order valence-corrected chi connectivity index (χ2v) is 6.85. The normalized spacial score (nSPS) is 11.6. The van der Waals surface area contributed by atoms with Gasteiger partial charge < -0.3 is 9.88 Å². The highest BCUT2D eigenvalue weighted by molar-refractivity contribution is 6.09. The molecule has 152 valence electrons. The van der Waals surface area contributed by atoms with E-state index in [-0.39, 0.29) is 5.56 Å². The lowest BCUT2D eigenvalue weighted by atomic mass is 10.1. The summed E-state index contributed by atoms with van der Waals surface area (Å²) in [7, 11) is 0. The van der Waals surface area contributed by atoms with Crippen LogP contribution < -0.4 is 5.32 Å². The maximum Gasteiger partial charge on any atom is 0.416 e. The minimum absolute atomic E-state index is 0.189. The summed E-state index contributed by atoms with van der Waals surface area (Å²) in [6.45, 7) is 0.328. The number of nitrogens with one attached hydrogen (secondary N) is 1. The number of rotatable bonds is 4. The molecular formula is C23H16F4N2O. The van der Waals surface area contributed by atoms with Crippen LogP contribution in [0.4, 0.5) is 23.2 Å². The third-order valence-corrected chi connectivity index (χ3v) is 4.76. The molecule has 1 N–H and O–H groups in total. The molecule has 4 aromatic rings. The Balaban J connectivity index is 1.63. The van der Waals surface area contributed by atoms with E-state index in [1.54, 1.807) is 6.20 Å². The molecule has 1 aromatic heterocycles. The number of carbonyl (C=O) groups is 1. The van der Waals surface area contributed by atoms with Crippen molar-refractivity contribution < 1.29 is 22.4 Å². The number of hydrogen-bond acceptors (Lipinski definition) is 1. The van der Waals surface area contributed by atoms with Crippen molar-refractivity contribution in [3.63, 3.8) is 0 Å². The standard InChI is InChI=1S/C23H16F4N2O/c24-18-5-3-4-16(12-18)22(30)28-20-14-29(21-7-2-1-6-19(20)21)13-15-8-10-17(11-9-15)23(25,26)27/h1-12,14H,13H2,(H,28,30). The molecule has 0 aliphatic rings. The maximum absolute atomic E-state index is 13.4. The zero-order valence-electron chi connectivity index (χ0n) is 15.6. The van der Waals surface area contributed by atoms with Crippen molar-refractivity contribution in [2.24, 2.45) is 0 Å². The highest BCUT2D eigenvalue weighted by Gasteiger charge is 2.29. The van der Waals surface area contributed by atoms with Gasteiger partial charge in [0.15, 0.2) is 0 Å². The Bertz CT molecular complexity index is 1210. The second-order valence-electron chi connectivity index (χ2n) is 6.85. The van der Waals surface area contributed by atoms with Gasteiger partial charge in [-0.2, -0.15) is 13.2 Å². The van der Waals surface area contributed by atoms with Crippen LogP contribution in [-0.2, 0) is 12.7 Å². The predicted molar refractivity (Wildman–Crippen MR) is 107 cm³/mol. The molecule has 0 atom stereocenters. The number of aromatic nitrogens is 1. The van der Waals surface area contributed by atoms with Crippen molar-refractivity contribution >= 4 is 22.5 Å². The first kappa shape index (κ1) is 19.7. The highest BCUT2D eigenvalue weighted by Crippen LogP contribution is 2.30. The van der Waals surface area contributed by atoms with Crippen LogP contribution in [0.2, 0.25) is 0 Å². The van der Waals surface area contributed by atoms with Gasteiger partial charge in [0.1, 0.15) is 5.82 Å². The van der Waals surface area contributed by atoms with Crippen molar-refractivity contribution in [3.05, 3.63) is 102 Å². The Morgan fingerprint density at radius 1 is 0.933 bits per heavy atom. The number of nitrogens with zero attached hydrogens (tertiary/aromatic N) is 1. The minimum atomic E-state index is -4.38. The molecule has 0 spiro atoms. The molecule has 0 radical (unpaired) electrons. The van der Waals surface area contributed by atoms with Gasteiger partial charge in [-0.1, -0.05) is 36.4 Å². The minimum Gasteiger partial charge on any atom is -0.341 e. The highest BCUT2D eigenvalue weighted by atomic mass is 19.4. The molecule has 3 nitrogen and oxygen atoms in total. The lowest BCUT2D eigenvalue weighted by molar-refractivity contribution is -0.137. The quantitative estimate of drug-likeness (QED) is 0.404. The molecule has 1 amide bonds. The van der Waals surface area contributed by atoms with Gasteiger partial charge in [0.05, 0.1) is 16.8 Å². The number of alkyl halides is 3. The van der Waals surface area contributed by atoms with Crippen molar-refractivity contribution in [3.8, 4) is 0 Å². The maximum atomic E-state index is 13.4. The van der Waals surface area contributed by atoms with E-state index < -0.39 is 23.5 Å². The monoisotopic (exact) mass is 412 g/mol. The molecule has 4 rings (SSSR count). The summed E-state index contributed by atoms with van der Waals surface area (Å²) >= 11 is 0. The summed E-state index contributed by atoms with van der Waals surface area (Å²) in [5.74, 6) is -0.959. The van der Waals surface area contributed by atoms with Gasteiger partial charge in [-0.15, -0.1) is 0 Å². The molecule has 0 fully saturated rings. The number of halogens is 4. The van der Waals surface area contributed by atoms with E-state index in [0.29, 0.717) is 17.8 Å². The molecule has 0 unspecified atom stereocenters. The van der Waals surface area contributed by atoms with Gasteiger partial charge in [-0.05, 0) is 42.0 Å². The molecule has 7 heteroatoms. The Hall–Kier alpha value is -3.61. The molecule has 0 saturated carbocycles. The summed E-state index contributed by atoms with van der Waals surface area (Å²) in [6.07, 6.45) is -2.66. The molecule has 3 aromatic carbocycles. The molecule has 0 aliphatic heterocycles. The summed E-state index contributed by atoms with van der Waals surface area (Å²) < 4.78 is 53.6. The largest absolute Gasteiger partial charge is 0.416 e. The van der Waals surface area contributed by atoms with Crippen LogP contribution in [0, 0.1) is 5.82 Å². The lowest BCUT2D eigenvalue weighted by Gasteiger charge is -2.09. The van der Waals surface area contributed by atoms with E-state index in [0.717, 1.165) is 29.1 Å². The summed E-state index contributed by atoms with van der Waals surface area (Å²) in [5, 5.41) is 3.56. The first-order valence-electron chi connectivity index (χ1n) is 9.12. The van der Waals surface area contributed by atoms with Crippen molar-refractivity contribution in [1.29, 1.82) is 0 Å². The first-order chi connectivity index (χ1) is 14.3. The average Bonchev–Trinajstić information content (AvgIpc) is 3.05. The number of hydrogen-bond donors (Lipinski definition) is 1. The van der Waals surface area contributed by atoms with Crippen LogP contribution in [-0.4, -0.2) is 10.5 Å². The fourth-order valence-corrected chi connectivity index (χ4v) is 3.30. The molecule has 0 aliphatic carbocycles. The molecule has 0 saturated heterocycles. The van der Waals surface area contributed by atoms with Gasteiger partial charge >= 0.3 is 6.18 Å². The van der Waals surface area contributed by atoms with Crippen molar-refractivity contribution in [1.82, 2.24) is 4.57 Å². The fraction of sp³-hybridized carbons (Fsp3) is 0.0870. The first-order valence-corrected chi connectivity index (χ1v) is 9.12. The summed E-state index contributed by atoms with van der Waals surface area (Å²) in [4.78, 5) is 12.5. The molecule has 0 bridgehead atoms. The van der Waals surface area contributed by atoms with E-state index >= 15 is 0 Å². The van der Waals surface area contributed by atoms with E-state index in [2.05, 4.69) is 5.32 Å². The van der Waals surface area contributed by atoms with E-state index in [1.807, 2.05) is 28.8 Å². The van der Waals surface area contributed by atoms with Gasteiger partial charge in [-0.25, -0.2) is 4.39 Å². The average molecular weight is 412 g/mol. The zero-order chi connectivity index (χ0) is 21.3. The van der Waals surface area contributed by atoms with Crippen LogP contribution in [0.1, 0.15) is 21.5 Å². The Morgan fingerprint density at radius 2 is 1.67 bits per heavy atom. The number of para-hydroxylation sites is 1. The van der Waals surface area contributed by atoms with E-state index in [9.17, 15) is 22.4 Å². The second kappa shape index (κ2) is 7.67. The van der Waals surface area contributed by atoms with Crippen LogP contribution in [0.3, 0.4) is 0 Å². The third-order valence-electron chi connectivity index (χ3n) is 4.76. The van der Waals surface area contributed by atoms with Gasteiger partial charge in [0.2, 0.25) is 0 Å². The Morgan fingerprint density at radius 3 is 2.37 bits per heavy atom. The van der Waals surface area contributed by atoms with E-state index in [4.69, 9.17) is 0 Å². The van der Waals surface area contributed by atoms with Gasteiger partial charge in [-0.3, -0.25) is 4.79 Å². The van der Waals surface area contributed by atoms with Gasteiger partial charge in [0.25, 0.3) is 5.91 Å². The Labute approximate surface area is 169 Å². The van der Waals surface area contributed by atoms with E-state index in [1.165, 1.54) is 30.3 Å².